The summed E-state index contributed by atoms with van der Waals surface area (Å²) < 4.78 is 0. The van der Waals surface area contributed by atoms with E-state index in [9.17, 15) is 14.7 Å². The van der Waals surface area contributed by atoms with Crippen molar-refractivity contribution in [2.75, 3.05) is 0 Å². The molecule has 1 aromatic heterocycles. The summed E-state index contributed by atoms with van der Waals surface area (Å²) in [4.78, 5) is 27.1. The number of benzene rings is 2. The number of phenolic OH excluding ortho intramolecular Hbond substituents is 1. The van der Waals surface area contributed by atoms with Crippen LogP contribution in [-0.2, 0) is 11.2 Å². The number of halogens is 1. The second-order valence-corrected chi connectivity index (χ2v) is 5.61. The molecule has 6 nitrogen and oxygen atoms in total. The van der Waals surface area contributed by atoms with Gasteiger partial charge in [0.1, 0.15) is 5.75 Å². The molecule has 0 aliphatic heterocycles. The molecule has 0 aliphatic rings. The number of aromatic nitrogens is 1. The maximum atomic E-state index is 12.0. The lowest BCUT2D eigenvalue weighted by Gasteiger charge is -2.08. The second kappa shape index (κ2) is 6.64. The highest BCUT2D eigenvalue weighted by atomic mass is 35.5. The van der Waals surface area contributed by atoms with E-state index in [0.29, 0.717) is 0 Å². The van der Waals surface area contributed by atoms with E-state index in [4.69, 9.17) is 11.6 Å². The fraction of sp³-hybridized carbons (Fsp3) is 0.0588. The van der Waals surface area contributed by atoms with Crippen molar-refractivity contribution in [3.8, 4) is 5.75 Å². The first kappa shape index (κ1) is 15.9. The molecule has 0 atom stereocenters. The molecule has 3 aromatic rings. The zero-order chi connectivity index (χ0) is 17.1. The van der Waals surface area contributed by atoms with Gasteiger partial charge in [-0.25, -0.2) is 0 Å². The molecular weight excluding hydrogens is 330 g/mol. The number of amides is 2. The van der Waals surface area contributed by atoms with Crippen molar-refractivity contribution in [1.82, 2.24) is 15.8 Å². The molecule has 0 fully saturated rings. The minimum atomic E-state index is -0.524. The fourth-order valence-corrected chi connectivity index (χ4v) is 2.52. The zero-order valence-electron chi connectivity index (χ0n) is 12.5. The molecule has 122 valence electrons. The largest absolute Gasteiger partial charge is 0.506 e. The van der Waals surface area contributed by atoms with Crippen molar-refractivity contribution < 1.29 is 14.7 Å². The molecule has 1 heterocycles. The van der Waals surface area contributed by atoms with E-state index in [-0.39, 0.29) is 28.7 Å². The number of phenols is 1. The van der Waals surface area contributed by atoms with Crippen LogP contribution in [0.3, 0.4) is 0 Å². The summed E-state index contributed by atoms with van der Waals surface area (Å²) >= 11 is 5.75. The number of carbonyl (C=O) groups excluding carboxylic acids is 2. The number of hydrogen-bond acceptors (Lipinski definition) is 3. The molecule has 4 N–H and O–H groups in total. The highest BCUT2D eigenvalue weighted by Crippen LogP contribution is 2.23. The second-order valence-electron chi connectivity index (χ2n) is 5.20. The van der Waals surface area contributed by atoms with E-state index in [0.717, 1.165) is 16.5 Å². The van der Waals surface area contributed by atoms with Crippen LogP contribution in [0.15, 0.2) is 48.7 Å². The minimum absolute atomic E-state index is 0.0627. The van der Waals surface area contributed by atoms with Crippen molar-refractivity contribution >= 4 is 34.3 Å². The van der Waals surface area contributed by atoms with Crippen molar-refractivity contribution in [3.05, 3.63) is 64.8 Å². The summed E-state index contributed by atoms with van der Waals surface area (Å²) in [6.45, 7) is 0. The highest BCUT2D eigenvalue weighted by molar-refractivity contribution is 6.32. The van der Waals surface area contributed by atoms with Crippen molar-refractivity contribution in [1.29, 1.82) is 0 Å². The van der Waals surface area contributed by atoms with Crippen LogP contribution < -0.4 is 10.9 Å². The lowest BCUT2D eigenvalue weighted by atomic mass is 10.1. The maximum Gasteiger partial charge on any atom is 0.269 e. The molecule has 0 unspecified atom stereocenters. The number of fused-ring (bicyclic) bond motifs is 1. The van der Waals surface area contributed by atoms with Crippen LogP contribution >= 0.6 is 11.6 Å². The van der Waals surface area contributed by atoms with Crippen LogP contribution in [0.25, 0.3) is 10.9 Å². The molecule has 2 amide bonds. The first-order chi connectivity index (χ1) is 11.5. The fourth-order valence-electron chi connectivity index (χ4n) is 2.34. The number of hydrogen-bond donors (Lipinski definition) is 4. The van der Waals surface area contributed by atoms with E-state index < -0.39 is 5.91 Å². The first-order valence-corrected chi connectivity index (χ1v) is 7.55. The molecule has 0 saturated heterocycles. The van der Waals surface area contributed by atoms with E-state index in [1.54, 1.807) is 6.20 Å². The lowest BCUT2D eigenvalue weighted by Crippen LogP contribution is -2.42. The van der Waals surface area contributed by atoms with Gasteiger partial charge >= 0.3 is 0 Å². The molecule has 0 saturated carbocycles. The Balaban J connectivity index is 1.61. The summed E-state index contributed by atoms with van der Waals surface area (Å²) in [6.07, 6.45) is 1.90. The Morgan fingerprint density at radius 3 is 2.71 bits per heavy atom. The number of carbonyl (C=O) groups is 2. The van der Waals surface area contributed by atoms with Crippen LogP contribution in [0.4, 0.5) is 0 Å². The van der Waals surface area contributed by atoms with Crippen LogP contribution in [0, 0.1) is 0 Å². The zero-order valence-corrected chi connectivity index (χ0v) is 13.2. The molecular formula is C17H14ClN3O3. The number of rotatable bonds is 3. The average molecular weight is 344 g/mol. The molecule has 0 bridgehead atoms. The standard InChI is InChI=1S/C17H14ClN3O3/c18-13-7-10(5-6-15(13)22)17(24)21-20-16(23)8-11-9-19-14-4-2-1-3-12(11)14/h1-7,9,19,22H,8H2,(H,20,23)(H,21,24). The summed E-state index contributed by atoms with van der Waals surface area (Å²) in [5, 5.41) is 10.4. The van der Waals surface area contributed by atoms with Crippen LogP contribution in [0.5, 0.6) is 5.75 Å². The van der Waals surface area contributed by atoms with Gasteiger partial charge < -0.3 is 10.1 Å². The molecule has 3 rings (SSSR count). The van der Waals surface area contributed by atoms with Crippen LogP contribution in [0.1, 0.15) is 15.9 Å². The minimum Gasteiger partial charge on any atom is -0.506 e. The number of para-hydroxylation sites is 1. The summed E-state index contributed by atoms with van der Waals surface area (Å²) in [6, 6.07) is 11.7. The number of aromatic amines is 1. The van der Waals surface area contributed by atoms with E-state index >= 15 is 0 Å². The van der Waals surface area contributed by atoms with Gasteiger partial charge in [0.15, 0.2) is 0 Å². The smallest absolute Gasteiger partial charge is 0.269 e. The Hall–Kier alpha value is -2.99. The Bertz CT molecular complexity index is 920. The highest BCUT2D eigenvalue weighted by Gasteiger charge is 2.11. The summed E-state index contributed by atoms with van der Waals surface area (Å²) in [5.74, 6) is -0.987. The summed E-state index contributed by atoms with van der Waals surface area (Å²) in [5.41, 5.74) is 6.69. The normalized spacial score (nSPS) is 10.5. The van der Waals surface area contributed by atoms with Gasteiger partial charge in [-0.15, -0.1) is 0 Å². The summed E-state index contributed by atoms with van der Waals surface area (Å²) in [7, 11) is 0. The lowest BCUT2D eigenvalue weighted by molar-refractivity contribution is -0.121. The maximum absolute atomic E-state index is 12.0. The van der Waals surface area contributed by atoms with Gasteiger partial charge in [-0.2, -0.15) is 0 Å². The van der Waals surface area contributed by atoms with Gasteiger partial charge in [0.2, 0.25) is 5.91 Å². The van der Waals surface area contributed by atoms with E-state index in [2.05, 4.69) is 15.8 Å². The van der Waals surface area contributed by atoms with Crippen molar-refractivity contribution in [2.24, 2.45) is 0 Å². The first-order valence-electron chi connectivity index (χ1n) is 7.17. The molecule has 2 aromatic carbocycles. The van der Waals surface area contributed by atoms with Gasteiger partial charge in [-0.1, -0.05) is 29.8 Å². The molecule has 0 spiro atoms. The number of nitrogens with one attached hydrogen (secondary N) is 3. The monoisotopic (exact) mass is 343 g/mol. The Morgan fingerprint density at radius 1 is 1.12 bits per heavy atom. The molecule has 24 heavy (non-hydrogen) atoms. The number of hydrazine groups is 1. The van der Waals surface area contributed by atoms with Crippen molar-refractivity contribution in [3.63, 3.8) is 0 Å². The van der Waals surface area contributed by atoms with Gasteiger partial charge in [0, 0.05) is 22.7 Å². The average Bonchev–Trinajstić information content (AvgIpc) is 2.98. The SMILES string of the molecule is O=C(Cc1c[nH]c2ccccc12)NNC(=O)c1ccc(O)c(Cl)c1. The molecule has 7 heteroatoms. The van der Waals surface area contributed by atoms with Crippen LogP contribution in [-0.4, -0.2) is 21.9 Å². The molecule has 0 radical (unpaired) electrons. The third-order valence-electron chi connectivity index (χ3n) is 3.55. The van der Waals surface area contributed by atoms with E-state index in [1.165, 1.54) is 18.2 Å². The third-order valence-corrected chi connectivity index (χ3v) is 3.85. The molecule has 0 aliphatic carbocycles. The third kappa shape index (κ3) is 3.33. The predicted octanol–water partition coefficient (Wildman–Crippen LogP) is 2.53. The van der Waals surface area contributed by atoms with Gasteiger partial charge in [0.25, 0.3) is 5.91 Å². The van der Waals surface area contributed by atoms with E-state index in [1.807, 2.05) is 24.3 Å². The van der Waals surface area contributed by atoms with Gasteiger partial charge in [-0.3, -0.25) is 20.4 Å². The predicted molar refractivity (Wildman–Crippen MR) is 90.7 cm³/mol. The van der Waals surface area contributed by atoms with Crippen LogP contribution in [0.2, 0.25) is 5.02 Å². The van der Waals surface area contributed by atoms with Gasteiger partial charge in [0.05, 0.1) is 11.4 Å². The Labute approximate surface area is 142 Å². The number of aromatic hydroxyl groups is 1. The quantitative estimate of drug-likeness (QED) is 0.550. The number of H-pyrrole nitrogens is 1. The Morgan fingerprint density at radius 2 is 1.92 bits per heavy atom. The van der Waals surface area contributed by atoms with Crippen molar-refractivity contribution in [2.45, 2.75) is 6.42 Å². The van der Waals surface area contributed by atoms with Gasteiger partial charge in [-0.05, 0) is 29.8 Å². The Kier molecular flexibility index (Phi) is 4.39. The topological polar surface area (TPSA) is 94.2 Å².